The second-order valence-electron chi connectivity index (χ2n) is 4.13. The second kappa shape index (κ2) is 4.31. The molecule has 3 rings (SSSR count). The maximum atomic E-state index is 11.9. The number of carbonyl (C=O) groups excluding carboxylic acids is 2. The van der Waals surface area contributed by atoms with Gasteiger partial charge in [0.2, 0.25) is 0 Å². The van der Waals surface area contributed by atoms with E-state index in [1.807, 2.05) is 18.2 Å². The summed E-state index contributed by atoms with van der Waals surface area (Å²) in [4.78, 5) is 23.6. The number of carbonyl (C=O) groups is 2. The van der Waals surface area contributed by atoms with Crippen molar-refractivity contribution < 1.29 is 18.7 Å². The summed E-state index contributed by atoms with van der Waals surface area (Å²) in [7, 11) is 0. The number of nitrogens with zero attached hydrogens (tertiary/aromatic N) is 1. The molecule has 1 aliphatic rings. The molecule has 0 spiro atoms. The number of ether oxygens (including phenoxy) is 1. The Bertz CT molecular complexity index is 662. The van der Waals surface area contributed by atoms with Crippen molar-refractivity contribution in [1.29, 1.82) is 0 Å². The number of amides is 2. The van der Waals surface area contributed by atoms with Gasteiger partial charge in [-0.2, -0.15) is 0 Å². The molecule has 19 heavy (non-hydrogen) atoms. The van der Waals surface area contributed by atoms with Crippen LogP contribution >= 0.6 is 0 Å². The summed E-state index contributed by atoms with van der Waals surface area (Å²) in [5.74, 6) is -0.188. The average molecular weight is 260 g/mol. The van der Waals surface area contributed by atoms with Gasteiger partial charge in [0, 0.05) is 10.9 Å². The van der Waals surface area contributed by atoms with E-state index in [1.54, 1.807) is 13.0 Å². The van der Waals surface area contributed by atoms with Crippen LogP contribution in [-0.4, -0.2) is 23.6 Å². The fourth-order valence-corrected chi connectivity index (χ4v) is 2.12. The van der Waals surface area contributed by atoms with Gasteiger partial charge < -0.3 is 9.15 Å². The van der Waals surface area contributed by atoms with Crippen molar-refractivity contribution in [2.24, 2.45) is 0 Å². The van der Waals surface area contributed by atoms with Gasteiger partial charge in [0.05, 0.1) is 13.2 Å². The SMILES string of the molecule is CCOC(=O)N1Cc2c(oc3ccccc23)C(=O)N1. The molecular formula is C13H12N2O4. The number of fused-ring (bicyclic) bond motifs is 3. The van der Waals surface area contributed by atoms with Crippen LogP contribution < -0.4 is 5.43 Å². The average Bonchev–Trinajstić information content (AvgIpc) is 2.78. The van der Waals surface area contributed by atoms with Crippen molar-refractivity contribution in [3.05, 3.63) is 35.6 Å². The van der Waals surface area contributed by atoms with Crippen molar-refractivity contribution in [1.82, 2.24) is 10.4 Å². The highest BCUT2D eigenvalue weighted by atomic mass is 16.6. The molecule has 0 bridgehead atoms. The maximum absolute atomic E-state index is 11.9. The molecule has 0 atom stereocenters. The standard InChI is InChI=1S/C13H12N2O4/c1-2-18-13(17)15-7-9-8-5-3-4-6-10(8)19-11(9)12(16)14-15/h3-6H,2,7H2,1H3,(H,14,16). The van der Waals surface area contributed by atoms with Crippen molar-refractivity contribution in [2.75, 3.05) is 6.61 Å². The Balaban J connectivity index is 2.03. The van der Waals surface area contributed by atoms with Crippen LogP contribution in [0.1, 0.15) is 23.0 Å². The molecule has 98 valence electrons. The number of nitrogens with one attached hydrogen (secondary N) is 1. The van der Waals surface area contributed by atoms with Gasteiger partial charge >= 0.3 is 12.0 Å². The van der Waals surface area contributed by atoms with Gasteiger partial charge in [0.1, 0.15) is 5.58 Å². The van der Waals surface area contributed by atoms with E-state index >= 15 is 0 Å². The lowest BCUT2D eigenvalue weighted by Crippen LogP contribution is -2.49. The molecule has 6 heteroatoms. The van der Waals surface area contributed by atoms with Gasteiger partial charge in [0.25, 0.3) is 0 Å². The van der Waals surface area contributed by atoms with E-state index in [1.165, 1.54) is 0 Å². The highest BCUT2D eigenvalue weighted by Crippen LogP contribution is 2.29. The molecule has 0 aliphatic carbocycles. The van der Waals surface area contributed by atoms with Gasteiger partial charge in [0.15, 0.2) is 5.76 Å². The topological polar surface area (TPSA) is 71.8 Å². The van der Waals surface area contributed by atoms with Crippen LogP contribution in [0.2, 0.25) is 0 Å². The third-order valence-corrected chi connectivity index (χ3v) is 2.95. The van der Waals surface area contributed by atoms with Crippen molar-refractivity contribution in [3.63, 3.8) is 0 Å². The molecule has 0 radical (unpaired) electrons. The normalized spacial score (nSPS) is 14.2. The Kier molecular flexibility index (Phi) is 2.63. The number of hydrazine groups is 1. The summed E-state index contributed by atoms with van der Waals surface area (Å²) < 4.78 is 10.4. The minimum Gasteiger partial charge on any atom is -0.450 e. The molecule has 1 aliphatic heterocycles. The predicted octanol–water partition coefficient (Wildman–Crippen LogP) is 2.05. The molecule has 0 unspecified atom stereocenters. The van der Waals surface area contributed by atoms with E-state index in [0.29, 0.717) is 11.1 Å². The molecule has 1 N–H and O–H groups in total. The minimum atomic E-state index is -0.577. The Hall–Kier alpha value is -2.50. The molecule has 2 aromatic rings. The summed E-state index contributed by atoms with van der Waals surface area (Å²) in [5.41, 5.74) is 3.78. The molecule has 0 saturated heterocycles. The zero-order valence-corrected chi connectivity index (χ0v) is 10.3. The van der Waals surface area contributed by atoms with Gasteiger partial charge in [-0.05, 0) is 13.0 Å². The van der Waals surface area contributed by atoms with Crippen LogP contribution in [0.4, 0.5) is 4.79 Å². The first-order valence-corrected chi connectivity index (χ1v) is 5.96. The molecular weight excluding hydrogens is 248 g/mol. The zero-order chi connectivity index (χ0) is 13.4. The zero-order valence-electron chi connectivity index (χ0n) is 10.3. The van der Waals surface area contributed by atoms with Gasteiger partial charge in [-0.3, -0.25) is 10.2 Å². The van der Waals surface area contributed by atoms with Crippen LogP contribution in [0.3, 0.4) is 0 Å². The van der Waals surface area contributed by atoms with E-state index in [0.717, 1.165) is 10.4 Å². The molecule has 0 saturated carbocycles. The molecule has 2 heterocycles. The highest BCUT2D eigenvalue weighted by Gasteiger charge is 2.31. The third kappa shape index (κ3) is 1.81. The lowest BCUT2D eigenvalue weighted by atomic mass is 10.1. The van der Waals surface area contributed by atoms with Gasteiger partial charge in [-0.1, -0.05) is 18.2 Å². The quantitative estimate of drug-likeness (QED) is 0.851. The fourth-order valence-electron chi connectivity index (χ4n) is 2.12. The molecule has 2 amide bonds. The largest absolute Gasteiger partial charge is 0.450 e. The fraction of sp³-hybridized carbons (Fsp3) is 0.231. The predicted molar refractivity (Wildman–Crippen MR) is 66.2 cm³/mol. The van der Waals surface area contributed by atoms with Gasteiger partial charge in [-0.25, -0.2) is 9.80 Å². The van der Waals surface area contributed by atoms with Crippen molar-refractivity contribution in [3.8, 4) is 0 Å². The summed E-state index contributed by atoms with van der Waals surface area (Å²) in [6, 6.07) is 7.34. The molecule has 1 aromatic heterocycles. The number of furan rings is 1. The van der Waals surface area contributed by atoms with E-state index < -0.39 is 12.0 Å². The Morgan fingerprint density at radius 3 is 3.05 bits per heavy atom. The number of para-hydroxylation sites is 1. The van der Waals surface area contributed by atoms with E-state index in [2.05, 4.69) is 5.43 Å². The van der Waals surface area contributed by atoms with Crippen LogP contribution in [0.25, 0.3) is 11.0 Å². The lowest BCUT2D eigenvalue weighted by molar-refractivity contribution is 0.0573. The molecule has 1 aromatic carbocycles. The maximum Gasteiger partial charge on any atom is 0.428 e. The van der Waals surface area contributed by atoms with E-state index in [-0.39, 0.29) is 18.9 Å². The number of rotatable bonds is 1. The van der Waals surface area contributed by atoms with Crippen LogP contribution in [-0.2, 0) is 11.3 Å². The van der Waals surface area contributed by atoms with Crippen LogP contribution in [0, 0.1) is 0 Å². The highest BCUT2D eigenvalue weighted by molar-refractivity contribution is 6.00. The summed E-state index contributed by atoms with van der Waals surface area (Å²) >= 11 is 0. The van der Waals surface area contributed by atoms with Crippen LogP contribution in [0.15, 0.2) is 28.7 Å². The smallest absolute Gasteiger partial charge is 0.428 e. The van der Waals surface area contributed by atoms with E-state index in [9.17, 15) is 9.59 Å². The van der Waals surface area contributed by atoms with Crippen molar-refractivity contribution in [2.45, 2.75) is 13.5 Å². The molecule has 6 nitrogen and oxygen atoms in total. The second-order valence-corrected chi connectivity index (χ2v) is 4.13. The third-order valence-electron chi connectivity index (χ3n) is 2.95. The number of benzene rings is 1. The summed E-state index contributed by atoms with van der Waals surface area (Å²) in [6.45, 7) is 2.20. The first kappa shape index (κ1) is 11.6. The van der Waals surface area contributed by atoms with Gasteiger partial charge in [-0.15, -0.1) is 0 Å². The number of hydrogen-bond acceptors (Lipinski definition) is 4. The first-order chi connectivity index (χ1) is 9.20. The Labute approximate surface area is 108 Å². The monoisotopic (exact) mass is 260 g/mol. The summed E-state index contributed by atoms with van der Waals surface area (Å²) in [6.07, 6.45) is -0.577. The lowest BCUT2D eigenvalue weighted by Gasteiger charge is -2.25. The van der Waals surface area contributed by atoms with E-state index in [4.69, 9.17) is 9.15 Å². The molecule has 0 fully saturated rings. The number of hydrogen-bond donors (Lipinski definition) is 1. The Morgan fingerprint density at radius 2 is 2.26 bits per heavy atom. The minimum absolute atomic E-state index is 0.233. The Morgan fingerprint density at radius 1 is 1.47 bits per heavy atom. The van der Waals surface area contributed by atoms with Crippen molar-refractivity contribution >= 4 is 23.0 Å². The first-order valence-electron chi connectivity index (χ1n) is 5.96. The van der Waals surface area contributed by atoms with Crippen LogP contribution in [0.5, 0.6) is 0 Å². The summed E-state index contributed by atoms with van der Waals surface area (Å²) in [5, 5.41) is 1.98.